The molecule has 0 saturated carbocycles. The Bertz CT molecular complexity index is 813. The van der Waals surface area contributed by atoms with Crippen molar-refractivity contribution in [1.29, 1.82) is 0 Å². The largest absolute Gasteiger partial charge is 0.341 e. The zero-order chi connectivity index (χ0) is 18.9. The van der Waals surface area contributed by atoms with Gasteiger partial charge in [0.1, 0.15) is 5.82 Å². The number of rotatable bonds is 10. The molecule has 0 aliphatic carbocycles. The predicted octanol–water partition coefficient (Wildman–Crippen LogP) is 6.64. The minimum absolute atomic E-state index is 0.239. The van der Waals surface area contributed by atoms with Gasteiger partial charge in [-0.25, -0.2) is 4.98 Å². The second-order valence-electron chi connectivity index (χ2n) is 6.96. The Labute approximate surface area is 170 Å². The topological polar surface area (TPSA) is 40.7 Å². The smallest absolute Gasteiger partial charge is 0.123 e. The fourth-order valence-electron chi connectivity index (χ4n) is 3.26. The van der Waals surface area contributed by atoms with Gasteiger partial charge in [0.15, 0.2) is 0 Å². The van der Waals surface area contributed by atoms with E-state index < -0.39 is 0 Å². The summed E-state index contributed by atoms with van der Waals surface area (Å²) in [4.78, 5) is 8.24. The fraction of sp³-hybridized carbons (Fsp3) is 0.348. The number of nitrogens with zero attached hydrogens (tertiary/aromatic N) is 1. The molecule has 1 heterocycles. The first-order valence-corrected chi connectivity index (χ1v) is 10.6. The lowest BCUT2D eigenvalue weighted by atomic mass is 10.1. The van der Waals surface area contributed by atoms with Crippen LogP contribution in [0.15, 0.2) is 65.3 Å². The van der Waals surface area contributed by atoms with Gasteiger partial charge >= 0.3 is 0 Å². The summed E-state index contributed by atoms with van der Waals surface area (Å²) >= 11 is 3.55. The van der Waals surface area contributed by atoms with E-state index in [2.05, 4.69) is 81.7 Å². The first-order chi connectivity index (χ1) is 13.3. The molecule has 0 radical (unpaired) electrons. The fourth-order valence-corrected chi connectivity index (χ4v) is 3.66. The Balaban J connectivity index is 1.71. The normalized spacial score (nSPS) is 12.2. The van der Waals surface area contributed by atoms with Crippen molar-refractivity contribution < 1.29 is 0 Å². The molecule has 1 aromatic heterocycles. The van der Waals surface area contributed by atoms with Gasteiger partial charge in [0, 0.05) is 16.6 Å². The third-order valence-electron chi connectivity index (χ3n) is 4.80. The van der Waals surface area contributed by atoms with Crippen molar-refractivity contribution in [3.05, 3.63) is 76.7 Å². The number of benzene rings is 2. The van der Waals surface area contributed by atoms with Gasteiger partial charge in [-0.2, -0.15) is 0 Å². The van der Waals surface area contributed by atoms with Gasteiger partial charge in [0.2, 0.25) is 0 Å². The number of aromatic amines is 1. The van der Waals surface area contributed by atoms with Gasteiger partial charge in [-0.05, 0) is 24.1 Å². The number of imidazole rings is 1. The monoisotopic (exact) mass is 425 g/mol. The molecule has 142 valence electrons. The van der Waals surface area contributed by atoms with E-state index in [1.165, 1.54) is 31.2 Å². The Morgan fingerprint density at radius 1 is 1.04 bits per heavy atom. The number of H-pyrrole nitrogens is 1. The summed E-state index contributed by atoms with van der Waals surface area (Å²) in [6.07, 6.45) is 8.09. The number of unbranched alkanes of at least 4 members (excludes halogenated alkanes) is 3. The molecule has 0 aliphatic rings. The summed E-state index contributed by atoms with van der Waals surface area (Å²) in [5, 5.41) is 3.70. The van der Waals surface area contributed by atoms with Crippen molar-refractivity contribution in [2.75, 3.05) is 0 Å². The number of halogens is 1. The molecule has 3 rings (SSSR count). The van der Waals surface area contributed by atoms with Crippen LogP contribution < -0.4 is 5.32 Å². The van der Waals surface area contributed by atoms with Crippen LogP contribution in [0.4, 0.5) is 0 Å². The average molecular weight is 426 g/mol. The summed E-state index contributed by atoms with van der Waals surface area (Å²) in [5.74, 6) is 1.03. The second kappa shape index (κ2) is 10.4. The van der Waals surface area contributed by atoms with Crippen LogP contribution in [0.3, 0.4) is 0 Å². The van der Waals surface area contributed by atoms with E-state index in [9.17, 15) is 0 Å². The zero-order valence-corrected chi connectivity index (χ0v) is 17.5. The molecular weight excluding hydrogens is 398 g/mol. The molecule has 2 aromatic carbocycles. The quantitative estimate of drug-likeness (QED) is 0.357. The number of hydrogen-bond acceptors (Lipinski definition) is 2. The van der Waals surface area contributed by atoms with E-state index in [-0.39, 0.29) is 6.04 Å². The lowest BCUT2D eigenvalue weighted by Gasteiger charge is -2.17. The highest BCUT2D eigenvalue weighted by Crippen LogP contribution is 2.25. The molecule has 27 heavy (non-hydrogen) atoms. The molecule has 3 nitrogen and oxygen atoms in total. The van der Waals surface area contributed by atoms with Crippen molar-refractivity contribution in [2.24, 2.45) is 0 Å². The van der Waals surface area contributed by atoms with E-state index in [0.29, 0.717) is 0 Å². The van der Waals surface area contributed by atoms with Crippen LogP contribution in [-0.4, -0.2) is 9.97 Å². The maximum atomic E-state index is 4.70. The standard InChI is InChI=1S/C23H28BrN3/c1-2-3-4-8-14-21(25-16-18-10-6-5-7-11-18)23-26-17-22(27-23)19-12-9-13-20(24)15-19/h5-7,9-13,15,17,21,25H,2-4,8,14,16H2,1H3,(H,26,27)/t21-/m0/s1. The lowest BCUT2D eigenvalue weighted by Crippen LogP contribution is -2.22. The Hall–Kier alpha value is -1.91. The Morgan fingerprint density at radius 2 is 1.89 bits per heavy atom. The van der Waals surface area contributed by atoms with Crippen LogP contribution in [0.1, 0.15) is 56.5 Å². The summed E-state index contributed by atoms with van der Waals surface area (Å²) in [5.41, 5.74) is 3.51. The summed E-state index contributed by atoms with van der Waals surface area (Å²) in [6, 6.07) is 19.1. The molecule has 2 N–H and O–H groups in total. The molecule has 0 aliphatic heterocycles. The van der Waals surface area contributed by atoms with Crippen LogP contribution in [0.25, 0.3) is 11.3 Å². The zero-order valence-electron chi connectivity index (χ0n) is 15.9. The molecule has 0 unspecified atom stereocenters. The minimum atomic E-state index is 0.239. The van der Waals surface area contributed by atoms with E-state index in [0.717, 1.165) is 34.5 Å². The van der Waals surface area contributed by atoms with E-state index >= 15 is 0 Å². The minimum Gasteiger partial charge on any atom is -0.341 e. The van der Waals surface area contributed by atoms with Crippen LogP contribution in [0, 0.1) is 0 Å². The van der Waals surface area contributed by atoms with Crippen molar-refractivity contribution in [3.63, 3.8) is 0 Å². The van der Waals surface area contributed by atoms with E-state index in [1.54, 1.807) is 0 Å². The highest BCUT2D eigenvalue weighted by molar-refractivity contribution is 9.10. The molecule has 3 aromatic rings. The van der Waals surface area contributed by atoms with Gasteiger partial charge < -0.3 is 10.3 Å². The van der Waals surface area contributed by atoms with Crippen molar-refractivity contribution in [2.45, 2.75) is 51.6 Å². The number of hydrogen-bond donors (Lipinski definition) is 2. The predicted molar refractivity (Wildman–Crippen MR) is 117 cm³/mol. The molecule has 0 bridgehead atoms. The third-order valence-corrected chi connectivity index (χ3v) is 5.30. The number of aromatic nitrogens is 2. The molecular formula is C23H28BrN3. The van der Waals surface area contributed by atoms with Crippen LogP contribution in [-0.2, 0) is 6.54 Å². The molecule has 0 amide bonds. The SMILES string of the molecule is CCCCCC[C@H](NCc1ccccc1)c1ncc(-c2cccc(Br)c2)[nH]1. The summed E-state index contributed by atoms with van der Waals surface area (Å²) < 4.78 is 1.08. The van der Waals surface area contributed by atoms with E-state index in [4.69, 9.17) is 4.98 Å². The van der Waals surface area contributed by atoms with Gasteiger partial charge in [-0.3, -0.25) is 0 Å². The van der Waals surface area contributed by atoms with Gasteiger partial charge in [-0.15, -0.1) is 0 Å². The highest BCUT2D eigenvalue weighted by Gasteiger charge is 2.15. The van der Waals surface area contributed by atoms with Gasteiger partial charge in [-0.1, -0.05) is 91.0 Å². The molecule has 1 atom stereocenters. The molecule has 4 heteroatoms. The second-order valence-corrected chi connectivity index (χ2v) is 7.88. The maximum Gasteiger partial charge on any atom is 0.123 e. The Morgan fingerprint density at radius 3 is 2.67 bits per heavy atom. The van der Waals surface area contributed by atoms with Gasteiger partial charge in [0.05, 0.1) is 17.9 Å². The summed E-state index contributed by atoms with van der Waals surface area (Å²) in [7, 11) is 0. The average Bonchev–Trinajstić information content (AvgIpc) is 3.18. The van der Waals surface area contributed by atoms with Gasteiger partial charge in [0.25, 0.3) is 0 Å². The summed E-state index contributed by atoms with van der Waals surface area (Å²) in [6.45, 7) is 3.11. The first kappa shape index (κ1) is 19.8. The Kier molecular flexibility index (Phi) is 7.66. The lowest BCUT2D eigenvalue weighted by molar-refractivity contribution is 0.453. The van der Waals surface area contributed by atoms with Crippen molar-refractivity contribution in [1.82, 2.24) is 15.3 Å². The van der Waals surface area contributed by atoms with Crippen molar-refractivity contribution >= 4 is 15.9 Å². The maximum absolute atomic E-state index is 4.70. The third kappa shape index (κ3) is 6.05. The molecule has 0 fully saturated rings. The number of nitrogens with one attached hydrogen (secondary N) is 2. The van der Waals surface area contributed by atoms with Crippen LogP contribution in [0.5, 0.6) is 0 Å². The molecule has 0 spiro atoms. The van der Waals surface area contributed by atoms with Crippen LogP contribution in [0.2, 0.25) is 0 Å². The first-order valence-electron chi connectivity index (χ1n) is 9.84. The highest BCUT2D eigenvalue weighted by atomic mass is 79.9. The van der Waals surface area contributed by atoms with Crippen LogP contribution >= 0.6 is 15.9 Å². The van der Waals surface area contributed by atoms with Crippen molar-refractivity contribution in [3.8, 4) is 11.3 Å². The van der Waals surface area contributed by atoms with E-state index in [1.807, 2.05) is 12.3 Å². The molecule has 0 saturated heterocycles.